The third-order valence-corrected chi connectivity index (χ3v) is 6.29. The number of hydrogen-bond donors (Lipinski definition) is 0. The topological polar surface area (TPSA) is 53.5 Å². The lowest BCUT2D eigenvalue weighted by atomic mass is 9.94. The summed E-state index contributed by atoms with van der Waals surface area (Å²) in [5.41, 5.74) is 0.519. The molecule has 22 heavy (non-hydrogen) atoms. The Morgan fingerprint density at radius 2 is 2.27 bits per heavy atom. The van der Waals surface area contributed by atoms with Crippen molar-refractivity contribution in [3.63, 3.8) is 0 Å². The van der Waals surface area contributed by atoms with E-state index in [9.17, 15) is 9.59 Å². The first-order chi connectivity index (χ1) is 10.6. The molecule has 3 aliphatic heterocycles. The van der Waals surface area contributed by atoms with Crippen LogP contribution < -0.4 is 0 Å². The van der Waals surface area contributed by atoms with E-state index in [4.69, 9.17) is 0 Å². The summed E-state index contributed by atoms with van der Waals surface area (Å²) < 4.78 is 0.907. The summed E-state index contributed by atoms with van der Waals surface area (Å²) in [6, 6.07) is 0.175. The Bertz CT molecular complexity index is 575. The maximum atomic E-state index is 12.7. The minimum Gasteiger partial charge on any atom is -0.338 e. The Balaban J connectivity index is 1.79. The molecule has 1 aromatic rings. The molecule has 0 spiro atoms. The molecule has 0 N–H and O–H groups in total. The Labute approximate surface area is 139 Å². The van der Waals surface area contributed by atoms with Crippen LogP contribution >= 0.6 is 23.1 Å². The van der Waals surface area contributed by atoms with Crippen molar-refractivity contribution in [2.75, 3.05) is 25.9 Å². The lowest BCUT2D eigenvalue weighted by Crippen LogP contribution is -2.48. The first kappa shape index (κ1) is 15.8. The number of piperidine rings is 1. The lowest BCUT2D eigenvalue weighted by molar-refractivity contribution is -0.139. The van der Waals surface area contributed by atoms with E-state index >= 15 is 0 Å². The van der Waals surface area contributed by atoms with Crippen LogP contribution in [0.2, 0.25) is 0 Å². The average Bonchev–Trinajstić information content (AvgIpc) is 2.85. The second-order valence-corrected chi connectivity index (χ2v) is 7.78. The van der Waals surface area contributed by atoms with Gasteiger partial charge < -0.3 is 9.80 Å². The summed E-state index contributed by atoms with van der Waals surface area (Å²) in [5, 5.41) is 1.83. The van der Waals surface area contributed by atoms with Crippen molar-refractivity contribution in [3.05, 3.63) is 11.1 Å². The van der Waals surface area contributed by atoms with Gasteiger partial charge in [0.15, 0.2) is 0 Å². The zero-order valence-corrected chi connectivity index (χ0v) is 14.6. The Morgan fingerprint density at radius 1 is 1.45 bits per heavy atom. The molecule has 2 amide bonds. The number of aromatic nitrogens is 1. The van der Waals surface area contributed by atoms with Crippen LogP contribution in [0.15, 0.2) is 9.72 Å². The minimum atomic E-state index is -0.0343. The monoisotopic (exact) mass is 339 g/mol. The maximum Gasteiger partial charge on any atom is 0.273 e. The van der Waals surface area contributed by atoms with Crippen LogP contribution in [0.1, 0.15) is 36.7 Å². The summed E-state index contributed by atoms with van der Waals surface area (Å²) in [5.74, 6) is 0.170. The van der Waals surface area contributed by atoms with E-state index in [0.717, 1.165) is 30.1 Å². The zero-order valence-electron chi connectivity index (χ0n) is 12.9. The molecule has 3 fully saturated rings. The van der Waals surface area contributed by atoms with Crippen LogP contribution in [0.4, 0.5) is 0 Å². The fourth-order valence-corrected chi connectivity index (χ4v) is 4.59. The number of hydrogen-bond acceptors (Lipinski definition) is 5. The van der Waals surface area contributed by atoms with Gasteiger partial charge in [0.05, 0.1) is 5.92 Å². The number of rotatable bonds is 4. The molecule has 4 heterocycles. The number of thiazole rings is 1. The summed E-state index contributed by atoms with van der Waals surface area (Å²) in [6.07, 6.45) is 4.83. The summed E-state index contributed by atoms with van der Waals surface area (Å²) in [6.45, 7) is 4.08. The van der Waals surface area contributed by atoms with Crippen molar-refractivity contribution in [2.24, 2.45) is 5.92 Å². The smallest absolute Gasteiger partial charge is 0.273 e. The molecule has 5 nitrogen and oxygen atoms in total. The van der Waals surface area contributed by atoms with Gasteiger partial charge in [0.25, 0.3) is 5.91 Å². The van der Waals surface area contributed by atoms with Gasteiger partial charge in [-0.1, -0.05) is 18.7 Å². The standard InChI is InChI=1S/C15H21N3O2S2/c1-3-6-18-11-5-4-10(13(18)19)7-17(8-11)14(20)12-9-22-15(16-12)21-2/h9-11H,3-8H2,1-2H3/t10-,11+/m1/s1. The third-order valence-electron chi connectivity index (χ3n) is 4.42. The van der Waals surface area contributed by atoms with Crippen LogP contribution in [-0.4, -0.2) is 58.5 Å². The fourth-order valence-electron chi connectivity index (χ4n) is 3.35. The molecular weight excluding hydrogens is 318 g/mol. The number of thioether (sulfide) groups is 1. The molecule has 4 rings (SSSR count). The highest BCUT2D eigenvalue weighted by molar-refractivity contribution is 8.00. The highest BCUT2D eigenvalue weighted by Gasteiger charge is 2.41. The number of nitrogens with zero attached hydrogens (tertiary/aromatic N) is 3. The van der Waals surface area contributed by atoms with Gasteiger partial charge in [-0.25, -0.2) is 4.98 Å². The lowest BCUT2D eigenvalue weighted by Gasteiger charge is -2.35. The van der Waals surface area contributed by atoms with Crippen LogP contribution in [0.3, 0.4) is 0 Å². The molecule has 0 radical (unpaired) electrons. The fraction of sp³-hybridized carbons (Fsp3) is 0.667. The Hall–Kier alpha value is -1.08. The Kier molecular flexibility index (Phi) is 4.73. The van der Waals surface area contributed by atoms with Crippen molar-refractivity contribution in [1.29, 1.82) is 0 Å². The first-order valence-electron chi connectivity index (χ1n) is 7.73. The molecule has 2 atom stereocenters. The molecule has 0 aliphatic carbocycles. The van der Waals surface area contributed by atoms with Gasteiger partial charge in [-0.2, -0.15) is 0 Å². The van der Waals surface area contributed by atoms with E-state index in [0.29, 0.717) is 18.8 Å². The molecule has 0 saturated carbocycles. The van der Waals surface area contributed by atoms with E-state index < -0.39 is 0 Å². The molecule has 3 aliphatic rings. The number of amides is 2. The summed E-state index contributed by atoms with van der Waals surface area (Å²) >= 11 is 3.05. The van der Waals surface area contributed by atoms with Crippen molar-refractivity contribution in [3.8, 4) is 0 Å². The summed E-state index contributed by atoms with van der Waals surface area (Å²) in [7, 11) is 0. The van der Waals surface area contributed by atoms with Gasteiger partial charge in [-0.3, -0.25) is 9.59 Å². The second kappa shape index (κ2) is 6.58. The molecular formula is C15H21N3O2S2. The molecule has 0 unspecified atom stereocenters. The van der Waals surface area contributed by atoms with Crippen molar-refractivity contribution >= 4 is 34.9 Å². The molecule has 3 saturated heterocycles. The van der Waals surface area contributed by atoms with Gasteiger partial charge in [-0.15, -0.1) is 11.3 Å². The number of fused-ring (bicyclic) bond motifs is 4. The van der Waals surface area contributed by atoms with Gasteiger partial charge in [0, 0.05) is 31.1 Å². The zero-order chi connectivity index (χ0) is 15.7. The van der Waals surface area contributed by atoms with Crippen molar-refractivity contribution < 1.29 is 9.59 Å². The van der Waals surface area contributed by atoms with Gasteiger partial charge >= 0.3 is 0 Å². The first-order valence-corrected chi connectivity index (χ1v) is 9.83. The molecule has 7 heteroatoms. The van der Waals surface area contributed by atoms with Crippen LogP contribution in [0.25, 0.3) is 0 Å². The molecule has 0 aromatic carbocycles. The average molecular weight is 339 g/mol. The highest BCUT2D eigenvalue weighted by Crippen LogP contribution is 2.30. The Morgan fingerprint density at radius 3 is 2.95 bits per heavy atom. The van der Waals surface area contributed by atoms with Gasteiger partial charge in [0.2, 0.25) is 5.91 Å². The van der Waals surface area contributed by atoms with Gasteiger partial charge in [0.1, 0.15) is 10.0 Å². The van der Waals surface area contributed by atoms with Crippen molar-refractivity contribution in [2.45, 2.75) is 36.6 Å². The van der Waals surface area contributed by atoms with Gasteiger partial charge in [-0.05, 0) is 25.5 Å². The largest absolute Gasteiger partial charge is 0.338 e. The summed E-state index contributed by atoms with van der Waals surface area (Å²) in [4.78, 5) is 33.4. The third kappa shape index (κ3) is 2.88. The number of carbonyl (C=O) groups excluding carboxylic acids is 2. The van der Waals surface area contributed by atoms with E-state index in [1.54, 1.807) is 11.8 Å². The highest BCUT2D eigenvalue weighted by atomic mass is 32.2. The normalized spacial score (nSPS) is 24.7. The van der Waals surface area contributed by atoms with E-state index in [-0.39, 0.29) is 23.8 Å². The van der Waals surface area contributed by atoms with Crippen molar-refractivity contribution in [1.82, 2.24) is 14.8 Å². The van der Waals surface area contributed by atoms with E-state index in [1.807, 2.05) is 21.4 Å². The number of carbonyl (C=O) groups is 2. The predicted octanol–water partition coefficient (Wildman–Crippen LogP) is 2.34. The minimum absolute atomic E-state index is 0.0281. The second-order valence-electron chi connectivity index (χ2n) is 5.87. The van der Waals surface area contributed by atoms with E-state index in [1.165, 1.54) is 11.3 Å². The van der Waals surface area contributed by atoms with E-state index in [2.05, 4.69) is 11.9 Å². The maximum absolute atomic E-state index is 12.7. The predicted molar refractivity (Wildman–Crippen MR) is 88.3 cm³/mol. The van der Waals surface area contributed by atoms with Crippen LogP contribution in [0.5, 0.6) is 0 Å². The molecule has 1 aromatic heterocycles. The molecule has 120 valence electrons. The SMILES string of the molecule is CCCN1C(=O)[C@@H]2CC[C@H]1CN(C(=O)c1csc(SC)n1)C2. The van der Waals surface area contributed by atoms with Crippen LogP contribution in [-0.2, 0) is 4.79 Å². The van der Waals surface area contributed by atoms with Crippen LogP contribution in [0, 0.1) is 5.92 Å². The quantitative estimate of drug-likeness (QED) is 0.790. The molecule has 2 bridgehead atoms.